The van der Waals surface area contributed by atoms with Crippen molar-refractivity contribution in [2.75, 3.05) is 0 Å². The summed E-state index contributed by atoms with van der Waals surface area (Å²) in [4.78, 5) is 4.55. The summed E-state index contributed by atoms with van der Waals surface area (Å²) in [6.45, 7) is 3.31. The van der Waals surface area contributed by atoms with Crippen molar-refractivity contribution in [3.05, 3.63) is 42.1 Å². The second-order valence-electron chi connectivity index (χ2n) is 7.00. The lowest BCUT2D eigenvalue weighted by Gasteiger charge is -2.28. The molecule has 1 N–H and O–H groups in total. The molecule has 2 saturated carbocycles. The molecule has 4 rings (SSSR count). The minimum absolute atomic E-state index is 0.624. The van der Waals surface area contributed by atoms with Crippen LogP contribution in [0.1, 0.15) is 38.2 Å². The highest BCUT2D eigenvalue weighted by Crippen LogP contribution is 2.49. The number of hydrogen-bond acceptors (Lipinski definition) is 2. The van der Waals surface area contributed by atoms with Gasteiger partial charge in [-0.2, -0.15) is 0 Å². The molecule has 2 fully saturated rings. The largest absolute Gasteiger partial charge is 0.310 e. The van der Waals surface area contributed by atoms with Crippen molar-refractivity contribution in [1.82, 2.24) is 10.3 Å². The standard InChI is InChI=1S/C19H24N2/c1-13(18-11-14-7-8-16(18)10-14)21-12-17-5-2-4-15-6-3-9-20-19(15)17/h2-6,9,13-14,16,18,21H,7-8,10-12H2,1H3. The van der Waals surface area contributed by atoms with Crippen LogP contribution in [0, 0.1) is 17.8 Å². The van der Waals surface area contributed by atoms with Crippen molar-refractivity contribution >= 4 is 10.9 Å². The number of pyridine rings is 1. The van der Waals surface area contributed by atoms with Gasteiger partial charge in [-0.1, -0.05) is 30.7 Å². The highest BCUT2D eigenvalue weighted by molar-refractivity contribution is 5.81. The molecule has 110 valence electrons. The first kappa shape index (κ1) is 13.3. The Bertz CT molecular complexity index is 631. The maximum Gasteiger partial charge on any atom is 0.0746 e. The fourth-order valence-corrected chi connectivity index (χ4v) is 4.64. The van der Waals surface area contributed by atoms with E-state index in [-0.39, 0.29) is 0 Å². The number of hydrogen-bond donors (Lipinski definition) is 1. The Kier molecular flexibility index (Phi) is 3.42. The molecule has 21 heavy (non-hydrogen) atoms. The van der Waals surface area contributed by atoms with Crippen molar-refractivity contribution in [2.45, 2.75) is 45.2 Å². The average molecular weight is 280 g/mol. The Morgan fingerprint density at radius 1 is 1.19 bits per heavy atom. The summed E-state index contributed by atoms with van der Waals surface area (Å²) in [5, 5.41) is 5.02. The summed E-state index contributed by atoms with van der Waals surface area (Å²) in [5.41, 5.74) is 2.47. The van der Waals surface area contributed by atoms with E-state index in [0.717, 1.165) is 29.8 Å². The van der Waals surface area contributed by atoms with E-state index in [0.29, 0.717) is 6.04 Å². The SMILES string of the molecule is CC(NCc1cccc2cccnc12)C1CC2CCC1C2. The highest BCUT2D eigenvalue weighted by atomic mass is 14.9. The molecule has 4 unspecified atom stereocenters. The van der Waals surface area contributed by atoms with E-state index in [1.54, 1.807) is 0 Å². The van der Waals surface area contributed by atoms with Crippen molar-refractivity contribution in [2.24, 2.45) is 17.8 Å². The number of fused-ring (bicyclic) bond motifs is 3. The van der Waals surface area contributed by atoms with Gasteiger partial charge in [0.05, 0.1) is 5.52 Å². The molecule has 1 aromatic heterocycles. The summed E-state index contributed by atoms with van der Waals surface area (Å²) in [6, 6.07) is 11.3. The molecule has 2 bridgehead atoms. The van der Waals surface area contributed by atoms with Crippen LogP contribution in [-0.4, -0.2) is 11.0 Å². The number of aromatic nitrogens is 1. The first-order valence-corrected chi connectivity index (χ1v) is 8.37. The first-order chi connectivity index (χ1) is 10.3. The molecule has 0 spiro atoms. The van der Waals surface area contributed by atoms with E-state index in [9.17, 15) is 0 Å². The second-order valence-corrected chi connectivity index (χ2v) is 7.00. The van der Waals surface area contributed by atoms with Crippen LogP contribution >= 0.6 is 0 Å². The molecular formula is C19H24N2. The lowest BCUT2D eigenvalue weighted by Crippen LogP contribution is -2.35. The zero-order chi connectivity index (χ0) is 14.2. The minimum atomic E-state index is 0.624. The zero-order valence-corrected chi connectivity index (χ0v) is 12.8. The number of nitrogens with one attached hydrogen (secondary N) is 1. The highest BCUT2D eigenvalue weighted by Gasteiger charge is 2.41. The summed E-state index contributed by atoms with van der Waals surface area (Å²) >= 11 is 0. The number of nitrogens with zero attached hydrogens (tertiary/aromatic N) is 1. The molecule has 2 nitrogen and oxygen atoms in total. The summed E-state index contributed by atoms with van der Waals surface area (Å²) in [6.07, 6.45) is 7.79. The van der Waals surface area contributed by atoms with Gasteiger partial charge in [0.2, 0.25) is 0 Å². The van der Waals surface area contributed by atoms with E-state index < -0.39 is 0 Å². The molecule has 0 saturated heterocycles. The molecule has 0 radical (unpaired) electrons. The fraction of sp³-hybridized carbons (Fsp3) is 0.526. The Balaban J connectivity index is 1.46. The zero-order valence-electron chi connectivity index (χ0n) is 12.8. The van der Waals surface area contributed by atoms with Crippen molar-refractivity contribution in [3.63, 3.8) is 0 Å². The van der Waals surface area contributed by atoms with Gasteiger partial charge < -0.3 is 5.32 Å². The minimum Gasteiger partial charge on any atom is -0.310 e. The average Bonchev–Trinajstić information content (AvgIpc) is 3.15. The van der Waals surface area contributed by atoms with Crippen LogP contribution < -0.4 is 5.32 Å². The molecule has 1 aromatic carbocycles. The van der Waals surface area contributed by atoms with Gasteiger partial charge >= 0.3 is 0 Å². The van der Waals surface area contributed by atoms with Crippen LogP contribution in [0.3, 0.4) is 0 Å². The van der Waals surface area contributed by atoms with Gasteiger partial charge in [-0.3, -0.25) is 4.98 Å². The Morgan fingerprint density at radius 3 is 2.90 bits per heavy atom. The first-order valence-electron chi connectivity index (χ1n) is 8.37. The summed E-state index contributed by atoms with van der Waals surface area (Å²) in [5.74, 6) is 2.92. The van der Waals surface area contributed by atoms with Gasteiger partial charge in [0, 0.05) is 24.2 Å². The van der Waals surface area contributed by atoms with Gasteiger partial charge in [0.25, 0.3) is 0 Å². The third-order valence-electron chi connectivity index (χ3n) is 5.77. The molecule has 2 aliphatic carbocycles. The maximum absolute atomic E-state index is 4.55. The number of benzene rings is 1. The van der Waals surface area contributed by atoms with Gasteiger partial charge in [-0.25, -0.2) is 0 Å². The third kappa shape index (κ3) is 2.46. The number of rotatable bonds is 4. The van der Waals surface area contributed by atoms with Crippen molar-refractivity contribution in [1.29, 1.82) is 0 Å². The van der Waals surface area contributed by atoms with E-state index in [4.69, 9.17) is 0 Å². The van der Waals surface area contributed by atoms with Gasteiger partial charge in [-0.05, 0) is 55.6 Å². The van der Waals surface area contributed by atoms with Crippen LogP contribution in [0.15, 0.2) is 36.5 Å². The van der Waals surface area contributed by atoms with E-state index >= 15 is 0 Å². The monoisotopic (exact) mass is 280 g/mol. The fourth-order valence-electron chi connectivity index (χ4n) is 4.64. The van der Waals surface area contributed by atoms with Gasteiger partial charge in [0.1, 0.15) is 0 Å². The third-order valence-corrected chi connectivity index (χ3v) is 5.77. The molecular weight excluding hydrogens is 256 g/mol. The van der Waals surface area contributed by atoms with Crippen LogP contribution in [0.5, 0.6) is 0 Å². The van der Waals surface area contributed by atoms with Gasteiger partial charge in [0.15, 0.2) is 0 Å². The Labute approximate surface area is 127 Å². The maximum atomic E-state index is 4.55. The topological polar surface area (TPSA) is 24.9 Å². The van der Waals surface area contributed by atoms with Crippen LogP contribution in [-0.2, 0) is 6.54 Å². The molecule has 1 heterocycles. The van der Waals surface area contributed by atoms with Crippen LogP contribution in [0.2, 0.25) is 0 Å². The predicted octanol–water partition coefficient (Wildman–Crippen LogP) is 4.15. The lowest BCUT2D eigenvalue weighted by atomic mass is 9.84. The predicted molar refractivity (Wildman–Crippen MR) is 87.0 cm³/mol. The summed E-state index contributed by atoms with van der Waals surface area (Å²) < 4.78 is 0. The van der Waals surface area contributed by atoms with Gasteiger partial charge in [-0.15, -0.1) is 0 Å². The Morgan fingerprint density at radius 2 is 2.10 bits per heavy atom. The van der Waals surface area contributed by atoms with Crippen molar-refractivity contribution in [3.8, 4) is 0 Å². The van der Waals surface area contributed by atoms with E-state index in [1.807, 2.05) is 12.3 Å². The van der Waals surface area contributed by atoms with E-state index in [2.05, 4.69) is 41.5 Å². The lowest BCUT2D eigenvalue weighted by molar-refractivity contribution is 0.259. The van der Waals surface area contributed by atoms with Crippen LogP contribution in [0.4, 0.5) is 0 Å². The molecule has 2 heteroatoms. The van der Waals surface area contributed by atoms with Crippen molar-refractivity contribution < 1.29 is 0 Å². The second kappa shape index (κ2) is 5.42. The molecule has 0 amide bonds. The quantitative estimate of drug-likeness (QED) is 0.910. The number of para-hydroxylation sites is 1. The van der Waals surface area contributed by atoms with Crippen LogP contribution in [0.25, 0.3) is 10.9 Å². The molecule has 2 aliphatic rings. The molecule has 4 atom stereocenters. The smallest absolute Gasteiger partial charge is 0.0746 e. The van der Waals surface area contributed by atoms with E-state index in [1.165, 1.54) is 36.6 Å². The normalized spacial score (nSPS) is 29.1. The Hall–Kier alpha value is -1.41. The molecule has 2 aromatic rings. The summed E-state index contributed by atoms with van der Waals surface area (Å²) in [7, 11) is 0. The molecule has 0 aliphatic heterocycles.